The van der Waals surface area contributed by atoms with Crippen molar-refractivity contribution in [2.45, 2.75) is 13.8 Å². The van der Waals surface area contributed by atoms with Crippen molar-refractivity contribution in [2.75, 3.05) is 5.32 Å². The Bertz CT molecular complexity index is 1100. The Hall–Kier alpha value is -3.61. The zero-order valence-electron chi connectivity index (χ0n) is 14.3. The molecule has 7 heteroatoms. The molecule has 4 aromatic rings. The topological polar surface area (TPSA) is 85.1 Å². The van der Waals surface area contributed by atoms with Gasteiger partial charge in [0.2, 0.25) is 5.82 Å². The van der Waals surface area contributed by atoms with Crippen molar-refractivity contribution in [3.8, 4) is 11.5 Å². The quantitative estimate of drug-likeness (QED) is 0.571. The van der Waals surface area contributed by atoms with Crippen LogP contribution in [0.1, 0.15) is 23.0 Å². The summed E-state index contributed by atoms with van der Waals surface area (Å²) < 4.78 is 1.66. The highest BCUT2D eigenvalue weighted by Crippen LogP contribution is 2.24. The Morgan fingerprint density at radius 1 is 1.12 bits per heavy atom. The maximum atomic E-state index is 11.8. The molecule has 0 amide bonds. The van der Waals surface area contributed by atoms with Crippen molar-refractivity contribution in [1.29, 1.82) is 0 Å². The molecule has 4 heterocycles. The second-order valence-corrected chi connectivity index (χ2v) is 5.92. The van der Waals surface area contributed by atoms with Gasteiger partial charge in [0.25, 0.3) is 0 Å². The SMILES string of the molecule is CC(=O)c1cc2c(Nc3ccncc3)nc(-c3cccc(C)n3)nn2c1. The number of Topliss-reactive ketones (excluding diaryl/α,β-unsaturated/α-hetero) is 1. The number of nitrogens with one attached hydrogen (secondary N) is 1. The minimum atomic E-state index is -0.0272. The Balaban J connectivity index is 1.90. The van der Waals surface area contributed by atoms with Gasteiger partial charge >= 0.3 is 0 Å². The molecule has 0 saturated carbocycles. The zero-order chi connectivity index (χ0) is 18.1. The summed E-state index contributed by atoms with van der Waals surface area (Å²) >= 11 is 0. The van der Waals surface area contributed by atoms with Gasteiger partial charge in [0.15, 0.2) is 11.6 Å². The number of carbonyl (C=O) groups is 1. The molecule has 0 spiro atoms. The van der Waals surface area contributed by atoms with Crippen molar-refractivity contribution in [1.82, 2.24) is 24.6 Å². The standard InChI is InChI=1S/C19H16N6O/c1-12-4-3-5-16(21-12)18-23-19(22-15-6-8-20-9-7-15)17-10-14(13(2)26)11-25(17)24-18/h3-11H,1-2H3,(H,20,22,23,24). The molecule has 0 fully saturated rings. The van der Waals surface area contributed by atoms with Crippen LogP contribution in [-0.4, -0.2) is 30.3 Å². The molecule has 1 N–H and O–H groups in total. The van der Waals surface area contributed by atoms with Crippen LogP contribution in [-0.2, 0) is 0 Å². The number of hydrogen-bond donors (Lipinski definition) is 1. The molecule has 7 nitrogen and oxygen atoms in total. The summed E-state index contributed by atoms with van der Waals surface area (Å²) in [5.74, 6) is 1.04. The van der Waals surface area contributed by atoms with E-state index in [1.807, 2.05) is 37.3 Å². The second kappa shape index (κ2) is 6.36. The van der Waals surface area contributed by atoms with Crippen LogP contribution in [0.3, 0.4) is 0 Å². The van der Waals surface area contributed by atoms with Gasteiger partial charge in [-0.25, -0.2) is 14.5 Å². The van der Waals surface area contributed by atoms with Crippen LogP contribution in [0.5, 0.6) is 0 Å². The van der Waals surface area contributed by atoms with Crippen LogP contribution in [0.4, 0.5) is 11.5 Å². The molecule has 0 aliphatic heterocycles. The third kappa shape index (κ3) is 3.02. The van der Waals surface area contributed by atoms with Gasteiger partial charge in [0, 0.05) is 35.5 Å². The maximum Gasteiger partial charge on any atom is 0.200 e. The van der Waals surface area contributed by atoms with Gasteiger partial charge < -0.3 is 5.32 Å². The Morgan fingerprint density at radius 2 is 1.92 bits per heavy atom. The van der Waals surface area contributed by atoms with Gasteiger partial charge in [-0.3, -0.25) is 9.78 Å². The average molecular weight is 344 g/mol. The minimum absolute atomic E-state index is 0.0272. The first kappa shape index (κ1) is 15.9. The van der Waals surface area contributed by atoms with E-state index >= 15 is 0 Å². The minimum Gasteiger partial charge on any atom is -0.338 e. The lowest BCUT2D eigenvalue weighted by atomic mass is 10.2. The Morgan fingerprint density at radius 3 is 2.65 bits per heavy atom. The monoisotopic (exact) mass is 344 g/mol. The number of carbonyl (C=O) groups excluding carboxylic acids is 1. The third-order valence-electron chi connectivity index (χ3n) is 3.93. The number of anilines is 2. The molecule has 0 saturated heterocycles. The van der Waals surface area contributed by atoms with E-state index in [1.54, 1.807) is 29.2 Å². The van der Waals surface area contributed by atoms with E-state index in [2.05, 4.69) is 25.4 Å². The molecule has 4 rings (SSSR count). The fraction of sp³-hybridized carbons (Fsp3) is 0.105. The predicted molar refractivity (Wildman–Crippen MR) is 98.5 cm³/mol. The molecule has 0 radical (unpaired) electrons. The van der Waals surface area contributed by atoms with E-state index < -0.39 is 0 Å². The van der Waals surface area contributed by atoms with Crippen LogP contribution >= 0.6 is 0 Å². The summed E-state index contributed by atoms with van der Waals surface area (Å²) in [4.78, 5) is 24.9. The van der Waals surface area contributed by atoms with Crippen LogP contribution in [0, 0.1) is 6.92 Å². The number of aromatic nitrogens is 5. The summed E-state index contributed by atoms with van der Waals surface area (Å²) in [6.07, 6.45) is 5.10. The summed E-state index contributed by atoms with van der Waals surface area (Å²) in [5.41, 5.74) is 3.68. The largest absolute Gasteiger partial charge is 0.338 e. The third-order valence-corrected chi connectivity index (χ3v) is 3.93. The molecule has 0 bridgehead atoms. The lowest BCUT2D eigenvalue weighted by Gasteiger charge is -2.09. The van der Waals surface area contributed by atoms with Gasteiger partial charge in [-0.05, 0) is 44.2 Å². The molecule has 128 valence electrons. The fourth-order valence-corrected chi connectivity index (χ4v) is 2.63. The number of aryl methyl sites for hydroxylation is 1. The number of rotatable bonds is 4. The number of nitrogens with zero attached hydrogens (tertiary/aromatic N) is 5. The van der Waals surface area contributed by atoms with Crippen LogP contribution in [0.25, 0.3) is 17.0 Å². The van der Waals surface area contributed by atoms with Crippen LogP contribution in [0.15, 0.2) is 55.0 Å². The van der Waals surface area contributed by atoms with Crippen LogP contribution in [0.2, 0.25) is 0 Å². The van der Waals surface area contributed by atoms with Gasteiger partial charge in [-0.2, -0.15) is 0 Å². The lowest BCUT2D eigenvalue weighted by Crippen LogP contribution is -2.04. The van der Waals surface area contributed by atoms with Crippen molar-refractivity contribution in [2.24, 2.45) is 0 Å². The second-order valence-electron chi connectivity index (χ2n) is 5.92. The van der Waals surface area contributed by atoms with E-state index in [1.165, 1.54) is 6.92 Å². The van der Waals surface area contributed by atoms with E-state index in [-0.39, 0.29) is 5.78 Å². The van der Waals surface area contributed by atoms with E-state index in [9.17, 15) is 4.79 Å². The van der Waals surface area contributed by atoms with Crippen molar-refractivity contribution >= 4 is 22.8 Å². The summed E-state index contributed by atoms with van der Waals surface area (Å²) in [7, 11) is 0. The van der Waals surface area contributed by atoms with E-state index in [0.29, 0.717) is 28.4 Å². The lowest BCUT2D eigenvalue weighted by molar-refractivity contribution is 0.101. The zero-order valence-corrected chi connectivity index (χ0v) is 14.3. The van der Waals surface area contributed by atoms with Gasteiger partial charge in [0.05, 0.1) is 0 Å². The van der Waals surface area contributed by atoms with E-state index in [0.717, 1.165) is 11.4 Å². The first-order chi connectivity index (χ1) is 12.6. The molecule has 0 unspecified atom stereocenters. The smallest absolute Gasteiger partial charge is 0.200 e. The van der Waals surface area contributed by atoms with Gasteiger partial charge in [-0.1, -0.05) is 6.07 Å². The summed E-state index contributed by atoms with van der Waals surface area (Å²) in [6, 6.07) is 11.2. The van der Waals surface area contributed by atoms with Gasteiger partial charge in [-0.15, -0.1) is 5.10 Å². The molecule has 0 atom stereocenters. The molecule has 0 aromatic carbocycles. The molecule has 26 heavy (non-hydrogen) atoms. The molecule has 0 aliphatic carbocycles. The molecular weight excluding hydrogens is 328 g/mol. The Labute approximate surface area is 149 Å². The average Bonchev–Trinajstić information content (AvgIpc) is 3.07. The number of hydrogen-bond acceptors (Lipinski definition) is 6. The first-order valence-corrected chi connectivity index (χ1v) is 8.12. The Kier molecular flexibility index (Phi) is 3.89. The highest BCUT2D eigenvalue weighted by molar-refractivity contribution is 5.96. The number of ketones is 1. The predicted octanol–water partition coefficient (Wildman–Crippen LogP) is 3.44. The molecule has 4 aromatic heterocycles. The fourth-order valence-electron chi connectivity index (χ4n) is 2.63. The highest BCUT2D eigenvalue weighted by Gasteiger charge is 2.14. The summed E-state index contributed by atoms with van der Waals surface area (Å²) in [5, 5.41) is 7.80. The molecule has 0 aliphatic rings. The molecular formula is C19H16N6O. The van der Waals surface area contributed by atoms with Crippen molar-refractivity contribution in [3.05, 3.63) is 66.2 Å². The number of fused-ring (bicyclic) bond motifs is 1. The highest BCUT2D eigenvalue weighted by atomic mass is 16.1. The normalized spacial score (nSPS) is 10.8. The van der Waals surface area contributed by atoms with E-state index in [4.69, 9.17) is 0 Å². The number of pyridine rings is 2. The van der Waals surface area contributed by atoms with Gasteiger partial charge in [0.1, 0.15) is 11.2 Å². The maximum absolute atomic E-state index is 11.8. The summed E-state index contributed by atoms with van der Waals surface area (Å²) in [6.45, 7) is 3.45. The van der Waals surface area contributed by atoms with Crippen molar-refractivity contribution in [3.63, 3.8) is 0 Å². The van der Waals surface area contributed by atoms with Crippen molar-refractivity contribution < 1.29 is 4.79 Å². The van der Waals surface area contributed by atoms with Crippen LogP contribution < -0.4 is 5.32 Å². The first-order valence-electron chi connectivity index (χ1n) is 8.12.